The quantitative estimate of drug-likeness (QED) is 0.275. The van der Waals surface area contributed by atoms with Gasteiger partial charge in [0.1, 0.15) is 36.4 Å². The van der Waals surface area contributed by atoms with Crippen LogP contribution in [-0.2, 0) is 28.7 Å². The van der Waals surface area contributed by atoms with Crippen LogP contribution in [0.25, 0.3) is 0 Å². The second-order valence-electron chi connectivity index (χ2n) is 11.3. The van der Waals surface area contributed by atoms with Crippen LogP contribution in [0.15, 0.2) is 0 Å². The Hall–Kier alpha value is -2.02. The summed E-state index contributed by atoms with van der Waals surface area (Å²) in [5, 5.41) is 6.64. The van der Waals surface area contributed by atoms with E-state index in [4.69, 9.17) is 44.3 Å². The molecule has 2 rings (SSSR count). The van der Waals surface area contributed by atoms with E-state index in [0.29, 0.717) is 38.8 Å². The van der Waals surface area contributed by atoms with E-state index in [-0.39, 0.29) is 5.92 Å². The Morgan fingerprint density at radius 2 is 1.60 bits per heavy atom. The molecule has 2 fully saturated rings. The summed E-state index contributed by atoms with van der Waals surface area (Å²) in [5.74, 6) is -2.48. The number of rotatable bonds is 8. The number of carbonyl (C=O) groups excluding carboxylic acids is 5. The maximum Gasteiger partial charge on any atom is 0.410 e. The molecule has 2 heterocycles. The second kappa shape index (κ2) is 14.2. The number of hydrogen-bond acceptors (Lipinski definition) is 8. The number of esters is 1. The molecule has 228 valence electrons. The summed E-state index contributed by atoms with van der Waals surface area (Å²) < 4.78 is 8.67. The van der Waals surface area contributed by atoms with Crippen molar-refractivity contribution in [1.82, 2.24) is 26.0 Å². The molecular weight excluding hydrogens is 589 g/mol. The third kappa shape index (κ3) is 10.4. The van der Waals surface area contributed by atoms with Gasteiger partial charge in [0.25, 0.3) is 5.91 Å². The fraction of sp³-hybridized carbons (Fsp3) is 0.800. The molecular formula is C25H40Cl3N5O7. The van der Waals surface area contributed by atoms with Crippen molar-refractivity contribution >= 4 is 64.6 Å². The van der Waals surface area contributed by atoms with Crippen molar-refractivity contribution in [1.29, 1.82) is 0 Å². The molecule has 12 nitrogen and oxygen atoms in total. The van der Waals surface area contributed by atoms with Gasteiger partial charge < -0.3 is 20.1 Å². The summed E-state index contributed by atoms with van der Waals surface area (Å²) in [6.45, 7) is 10.5. The van der Waals surface area contributed by atoms with Gasteiger partial charge in [0.15, 0.2) is 0 Å². The Labute approximate surface area is 250 Å². The van der Waals surface area contributed by atoms with Crippen molar-refractivity contribution in [2.45, 2.75) is 101 Å². The molecule has 2 saturated heterocycles. The molecule has 0 bridgehead atoms. The monoisotopic (exact) mass is 627 g/mol. The van der Waals surface area contributed by atoms with Gasteiger partial charge in [-0.3, -0.25) is 29.1 Å². The van der Waals surface area contributed by atoms with Gasteiger partial charge in [-0.15, -0.1) is 0 Å². The average Bonchev–Trinajstić information content (AvgIpc) is 3.34. The van der Waals surface area contributed by atoms with Crippen LogP contribution in [0.1, 0.15) is 67.2 Å². The zero-order chi connectivity index (χ0) is 30.4. The van der Waals surface area contributed by atoms with Crippen LogP contribution in [0.2, 0.25) is 0 Å². The van der Waals surface area contributed by atoms with E-state index in [1.807, 2.05) is 0 Å². The molecule has 40 heavy (non-hydrogen) atoms. The van der Waals surface area contributed by atoms with Crippen molar-refractivity contribution in [2.24, 2.45) is 5.92 Å². The van der Waals surface area contributed by atoms with Gasteiger partial charge in [-0.25, -0.2) is 10.2 Å². The molecule has 4 amide bonds. The van der Waals surface area contributed by atoms with Gasteiger partial charge in [0.2, 0.25) is 15.6 Å². The number of halogens is 3. The highest BCUT2D eigenvalue weighted by Gasteiger charge is 2.39. The van der Waals surface area contributed by atoms with Crippen LogP contribution in [0, 0.1) is 5.92 Å². The highest BCUT2D eigenvalue weighted by molar-refractivity contribution is 6.67. The van der Waals surface area contributed by atoms with E-state index in [2.05, 4.69) is 16.1 Å². The SMILES string of the molecule is CC(NC(=O)C(NC(=O)C1CCCN1C(=O)OC(C)(C)C)C(C)C)C(=O)N1CCCC(C(=O)OCC(Cl)(Cl)Cl)N1. The van der Waals surface area contributed by atoms with E-state index >= 15 is 0 Å². The zero-order valence-corrected chi connectivity index (χ0v) is 26.0. The predicted octanol–water partition coefficient (Wildman–Crippen LogP) is 2.44. The Morgan fingerprint density at radius 1 is 0.975 bits per heavy atom. The fourth-order valence-corrected chi connectivity index (χ4v) is 4.49. The van der Waals surface area contributed by atoms with Crippen molar-refractivity contribution in [3.8, 4) is 0 Å². The molecule has 0 aliphatic carbocycles. The van der Waals surface area contributed by atoms with Gasteiger partial charge in [-0.2, -0.15) is 0 Å². The lowest BCUT2D eigenvalue weighted by atomic mass is 10.0. The van der Waals surface area contributed by atoms with E-state index in [1.54, 1.807) is 34.6 Å². The number of alkyl halides is 3. The Kier molecular flexibility index (Phi) is 12.2. The normalized spacial score (nSPS) is 21.4. The molecule has 0 saturated carbocycles. The first-order valence-corrected chi connectivity index (χ1v) is 14.4. The van der Waals surface area contributed by atoms with Crippen molar-refractivity contribution < 1.29 is 33.4 Å². The lowest BCUT2D eigenvalue weighted by Gasteiger charge is -2.35. The van der Waals surface area contributed by atoms with Gasteiger partial charge in [0.05, 0.1) is 0 Å². The van der Waals surface area contributed by atoms with Crippen LogP contribution in [0.3, 0.4) is 0 Å². The number of carbonyl (C=O) groups is 5. The highest BCUT2D eigenvalue weighted by atomic mass is 35.6. The Balaban J connectivity index is 1.98. The van der Waals surface area contributed by atoms with Crippen molar-refractivity contribution in [3.05, 3.63) is 0 Å². The Bertz CT molecular complexity index is 954. The van der Waals surface area contributed by atoms with Crippen LogP contribution >= 0.6 is 34.8 Å². The Morgan fingerprint density at radius 3 is 2.17 bits per heavy atom. The van der Waals surface area contributed by atoms with Gasteiger partial charge in [0, 0.05) is 13.1 Å². The van der Waals surface area contributed by atoms with Crippen LogP contribution < -0.4 is 16.1 Å². The molecule has 4 atom stereocenters. The first kappa shape index (κ1) is 34.2. The highest BCUT2D eigenvalue weighted by Crippen LogP contribution is 2.26. The van der Waals surface area contributed by atoms with Crippen molar-refractivity contribution in [3.63, 3.8) is 0 Å². The van der Waals surface area contributed by atoms with Gasteiger partial charge in [-0.05, 0) is 59.3 Å². The average molecular weight is 629 g/mol. The number of amides is 4. The van der Waals surface area contributed by atoms with E-state index in [0.717, 1.165) is 0 Å². The fourth-order valence-electron chi connectivity index (χ4n) is 4.33. The number of hydrazine groups is 1. The number of ether oxygens (including phenoxy) is 2. The summed E-state index contributed by atoms with van der Waals surface area (Å²) in [6, 6.07) is -3.52. The third-order valence-electron chi connectivity index (χ3n) is 6.27. The van der Waals surface area contributed by atoms with Crippen LogP contribution in [-0.4, -0.2) is 93.0 Å². The van der Waals surface area contributed by atoms with Gasteiger partial charge >= 0.3 is 12.1 Å². The van der Waals surface area contributed by atoms with E-state index in [9.17, 15) is 24.0 Å². The molecule has 0 aromatic rings. The molecule has 3 N–H and O–H groups in total. The lowest BCUT2D eigenvalue weighted by molar-refractivity contribution is -0.152. The summed E-state index contributed by atoms with van der Waals surface area (Å²) in [7, 11) is 0. The number of nitrogens with one attached hydrogen (secondary N) is 3. The minimum atomic E-state index is -1.76. The molecule has 0 aromatic carbocycles. The second-order valence-corrected chi connectivity index (χ2v) is 13.8. The summed E-state index contributed by atoms with van der Waals surface area (Å²) in [5.41, 5.74) is 2.10. The molecule has 0 radical (unpaired) electrons. The minimum Gasteiger partial charge on any atom is -0.460 e. The van der Waals surface area contributed by atoms with Crippen LogP contribution in [0.5, 0.6) is 0 Å². The molecule has 0 aromatic heterocycles. The number of hydrogen-bond donors (Lipinski definition) is 3. The maximum atomic E-state index is 13.2. The van der Waals surface area contributed by atoms with E-state index in [1.165, 1.54) is 16.8 Å². The van der Waals surface area contributed by atoms with Crippen molar-refractivity contribution in [2.75, 3.05) is 19.7 Å². The number of nitrogens with zero attached hydrogens (tertiary/aromatic N) is 2. The smallest absolute Gasteiger partial charge is 0.410 e. The van der Waals surface area contributed by atoms with E-state index < -0.39 is 70.0 Å². The molecule has 15 heteroatoms. The molecule has 0 spiro atoms. The largest absolute Gasteiger partial charge is 0.460 e. The zero-order valence-electron chi connectivity index (χ0n) is 23.7. The summed E-state index contributed by atoms with van der Waals surface area (Å²) in [6.07, 6.45) is 1.40. The third-order valence-corrected chi connectivity index (χ3v) is 6.60. The maximum absolute atomic E-state index is 13.2. The molecule has 4 unspecified atom stereocenters. The predicted molar refractivity (Wildman–Crippen MR) is 149 cm³/mol. The molecule has 2 aliphatic heterocycles. The topological polar surface area (TPSA) is 146 Å². The first-order valence-electron chi connectivity index (χ1n) is 13.3. The minimum absolute atomic E-state index is 0.305. The van der Waals surface area contributed by atoms with Gasteiger partial charge in [-0.1, -0.05) is 48.7 Å². The first-order chi connectivity index (χ1) is 18.4. The summed E-state index contributed by atoms with van der Waals surface area (Å²) >= 11 is 16.9. The number of likely N-dealkylation sites (tertiary alicyclic amines) is 1. The molecule has 2 aliphatic rings. The summed E-state index contributed by atoms with van der Waals surface area (Å²) in [4.78, 5) is 65.6. The lowest BCUT2D eigenvalue weighted by Crippen LogP contribution is -2.61. The standard InChI is InChI=1S/C25H40Cl3N5O7/c1-14(2)18(30-19(34)17-10-8-11-32(17)23(38)40-24(4,5)6)20(35)29-15(3)21(36)33-12-7-9-16(31-33)22(37)39-13-25(26,27)28/h14-18,31H,7-13H2,1-6H3,(H,29,35)(H,30,34). The van der Waals surface area contributed by atoms with Crippen LogP contribution in [0.4, 0.5) is 4.79 Å².